The Morgan fingerprint density at radius 3 is 2.95 bits per heavy atom. The Balaban J connectivity index is 1.78. The number of hydrogen-bond donors (Lipinski definition) is 1. The molecule has 1 N–H and O–H groups in total. The van der Waals surface area contributed by atoms with E-state index in [-0.39, 0.29) is 0 Å². The van der Waals surface area contributed by atoms with Crippen LogP contribution in [-0.4, -0.2) is 16.5 Å². The quantitative estimate of drug-likeness (QED) is 0.743. The summed E-state index contributed by atoms with van der Waals surface area (Å²) in [5.74, 6) is 0.688. The zero-order chi connectivity index (χ0) is 14.7. The number of hydrogen-bond acceptors (Lipinski definition) is 5. The molecule has 3 aromatic rings. The van der Waals surface area contributed by atoms with Crippen LogP contribution in [0.25, 0.3) is 10.1 Å². The van der Waals surface area contributed by atoms with Gasteiger partial charge < -0.3 is 5.32 Å². The van der Waals surface area contributed by atoms with Crippen LogP contribution in [0.4, 0.5) is 5.82 Å². The van der Waals surface area contributed by atoms with Crippen LogP contribution in [0.2, 0.25) is 5.15 Å². The average molecular weight is 315 g/mol. The van der Waals surface area contributed by atoms with E-state index in [1.807, 2.05) is 18.2 Å². The van der Waals surface area contributed by atoms with Gasteiger partial charge in [0.2, 0.25) is 0 Å². The van der Waals surface area contributed by atoms with Crippen LogP contribution < -0.4 is 5.32 Å². The Morgan fingerprint density at radius 2 is 2.14 bits per heavy atom. The number of anilines is 1. The van der Waals surface area contributed by atoms with Gasteiger partial charge in [-0.3, -0.25) is 0 Å². The van der Waals surface area contributed by atoms with Crippen LogP contribution in [0.5, 0.6) is 0 Å². The normalized spacial score (nSPS) is 10.5. The summed E-state index contributed by atoms with van der Waals surface area (Å²) in [6, 6.07) is 12.1. The van der Waals surface area contributed by atoms with E-state index in [1.165, 1.54) is 17.7 Å². The predicted octanol–water partition coefficient (Wildman–Crippen LogP) is 3.87. The molecule has 0 aliphatic heterocycles. The van der Waals surface area contributed by atoms with Gasteiger partial charge in [0.05, 0.1) is 0 Å². The third kappa shape index (κ3) is 2.97. The van der Waals surface area contributed by atoms with Gasteiger partial charge in [0.1, 0.15) is 28.2 Å². The van der Waals surface area contributed by atoms with Crippen molar-refractivity contribution < 1.29 is 0 Å². The fourth-order valence-corrected chi connectivity index (χ4v) is 3.38. The predicted molar refractivity (Wildman–Crippen MR) is 85.8 cm³/mol. The summed E-state index contributed by atoms with van der Waals surface area (Å²) < 4.78 is 1.15. The molecule has 0 spiro atoms. The summed E-state index contributed by atoms with van der Waals surface area (Å²) in [4.78, 5) is 8.71. The van der Waals surface area contributed by atoms with Gasteiger partial charge in [0.25, 0.3) is 0 Å². The van der Waals surface area contributed by atoms with Crippen molar-refractivity contribution in [1.29, 1.82) is 5.26 Å². The summed E-state index contributed by atoms with van der Waals surface area (Å²) in [6.45, 7) is 0.683. The van der Waals surface area contributed by atoms with Gasteiger partial charge in [-0.05, 0) is 23.4 Å². The highest BCUT2D eigenvalue weighted by Crippen LogP contribution is 2.31. The summed E-state index contributed by atoms with van der Waals surface area (Å²) in [5.41, 5.74) is 1.09. The summed E-state index contributed by atoms with van der Waals surface area (Å²) >= 11 is 7.35. The molecule has 104 valence electrons. The zero-order valence-electron chi connectivity index (χ0n) is 11.0. The first-order valence-electron chi connectivity index (χ1n) is 6.40. The Bertz CT molecular complexity index is 822. The highest BCUT2D eigenvalue weighted by atomic mass is 35.5. The number of aromatic nitrogens is 2. The van der Waals surface area contributed by atoms with Crippen LogP contribution in [0.15, 0.2) is 36.7 Å². The third-order valence-corrected chi connectivity index (χ3v) is 4.44. The zero-order valence-corrected chi connectivity index (χ0v) is 12.6. The highest BCUT2D eigenvalue weighted by Gasteiger charge is 2.11. The SMILES string of the molecule is N#Cc1sc2ccccc2c1CCNc1cc(Cl)ncn1. The van der Waals surface area contributed by atoms with Crippen molar-refractivity contribution in [3.05, 3.63) is 52.3 Å². The van der Waals surface area contributed by atoms with E-state index in [9.17, 15) is 5.26 Å². The molecule has 0 aliphatic rings. The Morgan fingerprint density at radius 1 is 1.29 bits per heavy atom. The van der Waals surface area contributed by atoms with E-state index < -0.39 is 0 Å². The highest BCUT2D eigenvalue weighted by molar-refractivity contribution is 7.19. The molecule has 0 saturated heterocycles. The number of benzene rings is 1. The van der Waals surface area contributed by atoms with Gasteiger partial charge in [0, 0.05) is 17.3 Å². The molecular weight excluding hydrogens is 304 g/mol. The van der Waals surface area contributed by atoms with Crippen LogP contribution in [-0.2, 0) is 6.42 Å². The molecule has 0 fully saturated rings. The Labute approximate surface area is 131 Å². The molecule has 21 heavy (non-hydrogen) atoms. The number of fused-ring (bicyclic) bond motifs is 1. The van der Waals surface area contributed by atoms with Crippen LogP contribution >= 0.6 is 22.9 Å². The molecular formula is C15H11ClN4S. The second kappa shape index (κ2) is 6.08. The molecule has 2 aromatic heterocycles. The van der Waals surface area contributed by atoms with Crippen molar-refractivity contribution >= 4 is 38.8 Å². The number of thiophene rings is 1. The Hall–Kier alpha value is -2.16. The van der Waals surface area contributed by atoms with Crippen molar-refractivity contribution in [2.75, 3.05) is 11.9 Å². The first-order chi connectivity index (χ1) is 10.3. The molecule has 6 heteroatoms. The first kappa shape index (κ1) is 13.8. The monoisotopic (exact) mass is 314 g/mol. The number of nitrogens with one attached hydrogen (secondary N) is 1. The van der Waals surface area contributed by atoms with Crippen molar-refractivity contribution in [1.82, 2.24) is 9.97 Å². The fourth-order valence-electron chi connectivity index (χ4n) is 2.18. The maximum absolute atomic E-state index is 9.27. The molecule has 2 heterocycles. The van der Waals surface area contributed by atoms with E-state index in [0.29, 0.717) is 17.5 Å². The molecule has 0 aliphatic carbocycles. The van der Waals surface area contributed by atoms with E-state index in [2.05, 4.69) is 27.4 Å². The van der Waals surface area contributed by atoms with Gasteiger partial charge in [-0.15, -0.1) is 11.3 Å². The van der Waals surface area contributed by atoms with Gasteiger partial charge in [-0.25, -0.2) is 9.97 Å². The van der Waals surface area contributed by atoms with Crippen LogP contribution in [0, 0.1) is 11.3 Å². The summed E-state index contributed by atoms with van der Waals surface area (Å²) in [7, 11) is 0. The maximum Gasteiger partial charge on any atom is 0.134 e. The van der Waals surface area contributed by atoms with Gasteiger partial charge in [-0.2, -0.15) is 5.26 Å². The van der Waals surface area contributed by atoms with Crippen molar-refractivity contribution in [2.24, 2.45) is 0 Å². The van der Waals surface area contributed by atoms with Crippen LogP contribution in [0.3, 0.4) is 0 Å². The third-order valence-electron chi connectivity index (χ3n) is 3.11. The molecule has 0 radical (unpaired) electrons. The minimum absolute atomic E-state index is 0.409. The van der Waals surface area contributed by atoms with E-state index in [4.69, 9.17) is 11.6 Å². The van der Waals surface area contributed by atoms with Gasteiger partial charge in [0.15, 0.2) is 0 Å². The van der Waals surface area contributed by atoms with Gasteiger partial charge >= 0.3 is 0 Å². The molecule has 0 bridgehead atoms. The topological polar surface area (TPSA) is 61.6 Å². The smallest absolute Gasteiger partial charge is 0.134 e. The standard InChI is InChI=1S/C15H11ClN4S/c16-14-7-15(20-9-19-14)18-6-5-11-10-3-1-2-4-12(10)21-13(11)8-17/h1-4,7,9H,5-6H2,(H,18,19,20). The summed E-state index contributed by atoms with van der Waals surface area (Å²) in [6.07, 6.45) is 2.18. The number of nitrogens with zero attached hydrogens (tertiary/aromatic N) is 3. The lowest BCUT2D eigenvalue weighted by Crippen LogP contribution is -2.06. The number of rotatable bonds is 4. The average Bonchev–Trinajstić information content (AvgIpc) is 2.86. The minimum Gasteiger partial charge on any atom is -0.370 e. The second-order valence-electron chi connectivity index (χ2n) is 4.42. The number of halogens is 1. The van der Waals surface area contributed by atoms with E-state index >= 15 is 0 Å². The van der Waals surface area contributed by atoms with Crippen molar-refractivity contribution in [2.45, 2.75) is 6.42 Å². The minimum atomic E-state index is 0.409. The summed E-state index contributed by atoms with van der Waals surface area (Å²) in [5, 5.41) is 14.0. The second-order valence-corrected chi connectivity index (χ2v) is 5.86. The van der Waals surface area contributed by atoms with Crippen molar-refractivity contribution in [3.63, 3.8) is 0 Å². The maximum atomic E-state index is 9.27. The fraction of sp³-hybridized carbons (Fsp3) is 0.133. The molecule has 1 aromatic carbocycles. The molecule has 0 unspecified atom stereocenters. The molecule has 3 rings (SSSR count). The lowest BCUT2D eigenvalue weighted by Gasteiger charge is -2.05. The number of nitriles is 1. The van der Waals surface area contributed by atoms with Gasteiger partial charge in [-0.1, -0.05) is 29.8 Å². The lowest BCUT2D eigenvalue weighted by atomic mass is 10.1. The molecule has 0 amide bonds. The van der Waals surface area contributed by atoms with E-state index in [1.54, 1.807) is 6.07 Å². The Kier molecular flexibility index (Phi) is 4.00. The lowest BCUT2D eigenvalue weighted by molar-refractivity contribution is 1.01. The van der Waals surface area contributed by atoms with E-state index in [0.717, 1.165) is 26.9 Å². The largest absolute Gasteiger partial charge is 0.370 e. The molecule has 0 saturated carbocycles. The molecule has 0 atom stereocenters. The van der Waals surface area contributed by atoms with Crippen LogP contribution in [0.1, 0.15) is 10.4 Å². The first-order valence-corrected chi connectivity index (χ1v) is 7.59. The van der Waals surface area contributed by atoms with Crippen molar-refractivity contribution in [3.8, 4) is 6.07 Å². The molecule has 4 nitrogen and oxygen atoms in total.